The van der Waals surface area contributed by atoms with Crippen LogP contribution < -0.4 is 9.64 Å². The van der Waals surface area contributed by atoms with Gasteiger partial charge in [0, 0.05) is 32.7 Å². The number of imide groups is 1. The zero-order valence-electron chi connectivity index (χ0n) is 18.8. The number of hydrogen-bond donors (Lipinski definition) is 1. The monoisotopic (exact) mass is 435 g/mol. The van der Waals surface area contributed by atoms with E-state index in [0.717, 1.165) is 24.2 Å². The van der Waals surface area contributed by atoms with Crippen LogP contribution in [0.15, 0.2) is 48.2 Å². The minimum absolute atomic E-state index is 0.109. The lowest BCUT2D eigenvalue weighted by Gasteiger charge is -2.36. The number of piperazine rings is 1. The van der Waals surface area contributed by atoms with Crippen LogP contribution in [0.25, 0.3) is 5.57 Å². The lowest BCUT2D eigenvalue weighted by atomic mass is 10.0. The first-order valence-corrected chi connectivity index (χ1v) is 10.9. The summed E-state index contributed by atoms with van der Waals surface area (Å²) >= 11 is 0. The van der Waals surface area contributed by atoms with Crippen LogP contribution in [0.1, 0.15) is 16.7 Å². The maximum absolute atomic E-state index is 13.7. The molecule has 2 amide bonds. The number of aliphatic hydroxyl groups is 1. The Morgan fingerprint density at radius 3 is 2.25 bits per heavy atom. The van der Waals surface area contributed by atoms with E-state index < -0.39 is 0 Å². The smallest absolute Gasteiger partial charge is 0.282 e. The number of amides is 2. The number of hydrogen-bond acceptors (Lipinski definition) is 6. The number of ether oxygens (including phenoxy) is 1. The lowest BCUT2D eigenvalue weighted by molar-refractivity contribution is -0.120. The molecule has 2 aliphatic rings. The summed E-state index contributed by atoms with van der Waals surface area (Å²) in [5.41, 5.74) is 4.06. The second kappa shape index (κ2) is 9.14. The lowest BCUT2D eigenvalue weighted by Crippen LogP contribution is -2.48. The molecule has 1 saturated heterocycles. The average Bonchev–Trinajstić information content (AvgIpc) is 3.06. The van der Waals surface area contributed by atoms with E-state index in [4.69, 9.17) is 4.74 Å². The van der Waals surface area contributed by atoms with E-state index in [0.29, 0.717) is 47.9 Å². The Morgan fingerprint density at radius 1 is 0.938 bits per heavy atom. The third kappa shape index (κ3) is 4.01. The number of β-amino-alcohol motifs (C(OH)–C–C–N with tert-alkyl or cyclic N) is 1. The van der Waals surface area contributed by atoms with Crippen molar-refractivity contribution in [1.82, 2.24) is 9.80 Å². The molecule has 0 unspecified atom stereocenters. The van der Waals surface area contributed by atoms with Crippen molar-refractivity contribution in [2.45, 2.75) is 13.8 Å². The van der Waals surface area contributed by atoms with Crippen molar-refractivity contribution < 1.29 is 19.4 Å². The van der Waals surface area contributed by atoms with E-state index in [1.807, 2.05) is 49.1 Å². The predicted molar refractivity (Wildman–Crippen MR) is 123 cm³/mol. The van der Waals surface area contributed by atoms with Gasteiger partial charge in [-0.1, -0.05) is 24.3 Å². The Morgan fingerprint density at radius 2 is 1.62 bits per heavy atom. The minimum atomic E-state index is -0.304. The summed E-state index contributed by atoms with van der Waals surface area (Å²) in [6.07, 6.45) is 0. The maximum atomic E-state index is 13.7. The Kier molecular flexibility index (Phi) is 6.30. The first-order chi connectivity index (χ1) is 15.4. The van der Waals surface area contributed by atoms with Crippen LogP contribution >= 0.6 is 0 Å². The Bertz CT molecular complexity index is 1050. The number of anilines is 1. The number of aliphatic hydroxyl groups excluding tert-OH is 1. The van der Waals surface area contributed by atoms with Gasteiger partial charge in [-0.15, -0.1) is 0 Å². The molecular formula is C25H29N3O4. The van der Waals surface area contributed by atoms with Crippen LogP contribution in [0.3, 0.4) is 0 Å². The molecule has 0 bridgehead atoms. The highest BCUT2D eigenvalue weighted by Gasteiger charge is 2.43. The van der Waals surface area contributed by atoms with Crippen molar-refractivity contribution in [2.75, 3.05) is 51.3 Å². The molecule has 7 nitrogen and oxygen atoms in total. The van der Waals surface area contributed by atoms with Gasteiger partial charge in [0.1, 0.15) is 11.4 Å². The summed E-state index contributed by atoms with van der Waals surface area (Å²) in [7, 11) is 1.60. The normalized spacial score (nSPS) is 17.5. The van der Waals surface area contributed by atoms with Crippen molar-refractivity contribution in [3.05, 3.63) is 64.9 Å². The summed E-state index contributed by atoms with van der Waals surface area (Å²) in [4.78, 5) is 32.9. The Balaban J connectivity index is 1.76. The van der Waals surface area contributed by atoms with Crippen LogP contribution in [0.2, 0.25) is 0 Å². The first kappa shape index (κ1) is 22.0. The van der Waals surface area contributed by atoms with Crippen molar-refractivity contribution in [1.29, 1.82) is 0 Å². The fourth-order valence-corrected chi connectivity index (χ4v) is 4.35. The van der Waals surface area contributed by atoms with E-state index in [-0.39, 0.29) is 18.4 Å². The predicted octanol–water partition coefficient (Wildman–Crippen LogP) is 2.21. The summed E-state index contributed by atoms with van der Waals surface area (Å²) in [6.45, 7) is 7.28. The molecule has 1 fully saturated rings. The molecule has 168 valence electrons. The maximum Gasteiger partial charge on any atom is 0.282 e. The van der Waals surface area contributed by atoms with E-state index in [1.54, 1.807) is 19.2 Å². The van der Waals surface area contributed by atoms with Gasteiger partial charge >= 0.3 is 0 Å². The molecule has 4 rings (SSSR count). The number of aryl methyl sites for hydroxylation is 2. The zero-order chi connectivity index (χ0) is 22.8. The molecule has 32 heavy (non-hydrogen) atoms. The molecule has 7 heteroatoms. The van der Waals surface area contributed by atoms with E-state index in [9.17, 15) is 14.7 Å². The number of carbonyl (C=O) groups excluding carboxylic acids is 2. The molecule has 0 saturated carbocycles. The molecule has 0 aromatic heterocycles. The van der Waals surface area contributed by atoms with Gasteiger partial charge in [0.25, 0.3) is 11.8 Å². The molecule has 2 aliphatic heterocycles. The van der Waals surface area contributed by atoms with Gasteiger partial charge in [-0.25, -0.2) is 4.90 Å². The van der Waals surface area contributed by atoms with Gasteiger partial charge in [-0.2, -0.15) is 0 Å². The summed E-state index contributed by atoms with van der Waals surface area (Å²) in [6, 6.07) is 13.1. The van der Waals surface area contributed by atoms with E-state index in [1.165, 1.54) is 4.90 Å². The average molecular weight is 436 g/mol. The van der Waals surface area contributed by atoms with Crippen LogP contribution in [0.5, 0.6) is 5.75 Å². The molecule has 2 heterocycles. The largest absolute Gasteiger partial charge is 0.497 e. The van der Waals surface area contributed by atoms with E-state index in [2.05, 4.69) is 4.90 Å². The SMILES string of the molecule is COc1ccc(C2=C(N3CCN(CCO)CC3)C(=O)N(c3cc(C)ccc3C)C2=O)cc1. The number of rotatable bonds is 6. The second-order valence-electron chi connectivity index (χ2n) is 8.24. The van der Waals surface area contributed by atoms with Gasteiger partial charge in [0.05, 0.1) is 25.0 Å². The molecular weight excluding hydrogens is 406 g/mol. The summed E-state index contributed by atoms with van der Waals surface area (Å²) in [5, 5.41) is 9.24. The van der Waals surface area contributed by atoms with Gasteiger partial charge in [0.2, 0.25) is 0 Å². The summed E-state index contributed by atoms with van der Waals surface area (Å²) < 4.78 is 5.26. The van der Waals surface area contributed by atoms with Crippen LogP contribution in [-0.2, 0) is 9.59 Å². The topological polar surface area (TPSA) is 73.3 Å². The van der Waals surface area contributed by atoms with Crippen molar-refractivity contribution in [3.63, 3.8) is 0 Å². The third-order valence-electron chi connectivity index (χ3n) is 6.15. The fraction of sp³-hybridized carbons (Fsp3) is 0.360. The Hall–Kier alpha value is -3.16. The minimum Gasteiger partial charge on any atom is -0.497 e. The zero-order valence-corrected chi connectivity index (χ0v) is 18.8. The Labute approximate surface area is 188 Å². The van der Waals surface area contributed by atoms with E-state index >= 15 is 0 Å². The molecule has 0 atom stereocenters. The van der Waals surface area contributed by atoms with Crippen LogP contribution in [-0.4, -0.2) is 73.2 Å². The standard InChI is InChI=1S/C25H29N3O4/c1-17-4-5-18(2)21(16-17)28-24(30)22(19-6-8-20(32-3)9-7-19)23(25(28)31)27-12-10-26(11-13-27)14-15-29/h4-9,16,29H,10-15H2,1-3H3. The number of methoxy groups -OCH3 is 1. The molecule has 2 aromatic rings. The van der Waals surface area contributed by atoms with Gasteiger partial charge < -0.3 is 14.7 Å². The first-order valence-electron chi connectivity index (χ1n) is 10.9. The third-order valence-corrected chi connectivity index (χ3v) is 6.15. The van der Waals surface area contributed by atoms with Crippen molar-refractivity contribution in [2.24, 2.45) is 0 Å². The van der Waals surface area contributed by atoms with Crippen LogP contribution in [0.4, 0.5) is 5.69 Å². The summed E-state index contributed by atoms with van der Waals surface area (Å²) in [5.74, 6) is 0.100. The highest BCUT2D eigenvalue weighted by Crippen LogP contribution is 2.37. The number of nitrogens with zero attached hydrogens (tertiary/aromatic N) is 3. The number of carbonyl (C=O) groups is 2. The van der Waals surface area contributed by atoms with Gasteiger partial charge in [-0.3, -0.25) is 14.5 Å². The molecule has 0 spiro atoms. The molecule has 2 aromatic carbocycles. The van der Waals surface area contributed by atoms with Crippen LogP contribution in [0, 0.1) is 13.8 Å². The quantitative estimate of drug-likeness (QED) is 0.702. The number of benzene rings is 2. The molecule has 0 radical (unpaired) electrons. The molecule has 0 aliphatic carbocycles. The second-order valence-corrected chi connectivity index (χ2v) is 8.24. The van der Waals surface area contributed by atoms with Crippen molar-refractivity contribution >= 4 is 23.1 Å². The fourth-order valence-electron chi connectivity index (χ4n) is 4.35. The highest BCUT2D eigenvalue weighted by molar-refractivity contribution is 6.45. The van der Waals surface area contributed by atoms with Gasteiger partial charge in [0.15, 0.2) is 0 Å². The molecule has 1 N–H and O–H groups in total. The van der Waals surface area contributed by atoms with Gasteiger partial charge in [-0.05, 0) is 48.7 Å². The highest BCUT2D eigenvalue weighted by atomic mass is 16.5. The van der Waals surface area contributed by atoms with Crippen molar-refractivity contribution in [3.8, 4) is 5.75 Å².